The average Bonchev–Trinajstić information content (AvgIpc) is 2.86. The maximum absolute atomic E-state index is 12.2. The summed E-state index contributed by atoms with van der Waals surface area (Å²) in [7, 11) is 1.62. The molecule has 24 heavy (non-hydrogen) atoms. The van der Waals surface area contributed by atoms with Gasteiger partial charge >= 0.3 is 0 Å². The number of fused-ring (bicyclic) bond motifs is 1. The van der Waals surface area contributed by atoms with E-state index in [0.717, 1.165) is 11.3 Å². The van der Waals surface area contributed by atoms with E-state index in [-0.39, 0.29) is 11.8 Å². The van der Waals surface area contributed by atoms with Crippen LogP contribution in [0, 0.1) is 11.8 Å². The fraction of sp³-hybridized carbons (Fsp3) is 0.200. The van der Waals surface area contributed by atoms with Crippen LogP contribution >= 0.6 is 0 Å². The quantitative estimate of drug-likeness (QED) is 0.494. The van der Waals surface area contributed by atoms with Crippen molar-refractivity contribution in [3.05, 3.63) is 65.2 Å². The van der Waals surface area contributed by atoms with Gasteiger partial charge in [0.25, 0.3) is 11.8 Å². The smallest absolute Gasteiger partial charge is 0.261 e. The van der Waals surface area contributed by atoms with Gasteiger partial charge in [0.2, 0.25) is 0 Å². The number of carbonyl (C=O) groups is 2. The van der Waals surface area contributed by atoms with Crippen LogP contribution in [0.2, 0.25) is 0 Å². The second kappa shape index (κ2) is 7.01. The molecule has 0 saturated heterocycles. The molecule has 0 atom stereocenters. The SMILES string of the molecule is COc1cccc(C#CCCCN2C(=O)c3ccccc3C2=O)c1. The van der Waals surface area contributed by atoms with Crippen LogP contribution in [0.1, 0.15) is 39.1 Å². The molecule has 2 aromatic carbocycles. The lowest BCUT2D eigenvalue weighted by molar-refractivity contribution is 0.0653. The number of ether oxygens (including phenoxy) is 1. The molecule has 0 bridgehead atoms. The van der Waals surface area contributed by atoms with Gasteiger partial charge in [-0.3, -0.25) is 14.5 Å². The molecule has 2 amide bonds. The van der Waals surface area contributed by atoms with Crippen molar-refractivity contribution < 1.29 is 14.3 Å². The third-order valence-electron chi connectivity index (χ3n) is 3.86. The third kappa shape index (κ3) is 3.16. The first kappa shape index (κ1) is 15.8. The maximum Gasteiger partial charge on any atom is 0.261 e. The largest absolute Gasteiger partial charge is 0.497 e. The van der Waals surface area contributed by atoms with Crippen LogP contribution < -0.4 is 4.74 Å². The zero-order valence-corrected chi connectivity index (χ0v) is 13.4. The van der Waals surface area contributed by atoms with Gasteiger partial charge in [-0.05, 0) is 36.8 Å². The predicted molar refractivity (Wildman–Crippen MR) is 90.9 cm³/mol. The monoisotopic (exact) mass is 319 g/mol. The van der Waals surface area contributed by atoms with E-state index >= 15 is 0 Å². The van der Waals surface area contributed by atoms with Crippen LogP contribution in [-0.4, -0.2) is 30.4 Å². The van der Waals surface area contributed by atoms with Gasteiger partial charge in [0.1, 0.15) is 5.75 Å². The van der Waals surface area contributed by atoms with E-state index in [0.29, 0.717) is 30.5 Å². The average molecular weight is 319 g/mol. The normalized spacial score (nSPS) is 12.6. The van der Waals surface area contributed by atoms with E-state index in [1.54, 1.807) is 31.4 Å². The molecular weight excluding hydrogens is 302 g/mol. The minimum absolute atomic E-state index is 0.212. The van der Waals surface area contributed by atoms with Crippen molar-refractivity contribution in [1.29, 1.82) is 0 Å². The minimum Gasteiger partial charge on any atom is -0.497 e. The molecule has 0 aromatic heterocycles. The molecule has 0 fully saturated rings. The van der Waals surface area contributed by atoms with Gasteiger partial charge in [0.15, 0.2) is 0 Å². The van der Waals surface area contributed by atoms with Gasteiger partial charge < -0.3 is 4.74 Å². The number of methoxy groups -OCH3 is 1. The Morgan fingerprint density at radius 1 is 1.00 bits per heavy atom. The highest BCUT2D eigenvalue weighted by atomic mass is 16.5. The molecule has 4 nitrogen and oxygen atoms in total. The number of imide groups is 1. The first-order chi connectivity index (χ1) is 11.7. The molecule has 0 radical (unpaired) electrons. The van der Waals surface area contributed by atoms with Crippen molar-refractivity contribution in [3.63, 3.8) is 0 Å². The molecule has 2 aromatic rings. The second-order valence-corrected chi connectivity index (χ2v) is 5.44. The number of unbranched alkanes of at least 4 members (excludes halogenated alkanes) is 1. The summed E-state index contributed by atoms with van der Waals surface area (Å²) in [5, 5.41) is 0. The topological polar surface area (TPSA) is 46.6 Å². The van der Waals surface area contributed by atoms with E-state index in [9.17, 15) is 9.59 Å². The summed E-state index contributed by atoms with van der Waals surface area (Å²) >= 11 is 0. The van der Waals surface area contributed by atoms with Crippen LogP contribution in [0.25, 0.3) is 0 Å². The first-order valence-electron chi connectivity index (χ1n) is 7.79. The van der Waals surface area contributed by atoms with Crippen LogP contribution in [-0.2, 0) is 0 Å². The highest BCUT2D eigenvalue weighted by Gasteiger charge is 2.34. The number of hydrogen-bond donors (Lipinski definition) is 0. The molecular formula is C20H17NO3. The highest BCUT2D eigenvalue weighted by Crippen LogP contribution is 2.22. The van der Waals surface area contributed by atoms with Gasteiger partial charge in [-0.2, -0.15) is 0 Å². The van der Waals surface area contributed by atoms with Gasteiger partial charge in [-0.25, -0.2) is 0 Å². The molecule has 0 saturated carbocycles. The summed E-state index contributed by atoms with van der Waals surface area (Å²) in [6.45, 7) is 0.388. The zero-order chi connectivity index (χ0) is 16.9. The van der Waals surface area contributed by atoms with Gasteiger partial charge in [-0.15, -0.1) is 0 Å². The van der Waals surface area contributed by atoms with Crippen molar-refractivity contribution in [2.45, 2.75) is 12.8 Å². The summed E-state index contributed by atoms with van der Waals surface area (Å²) in [5.41, 5.74) is 1.87. The number of carbonyl (C=O) groups excluding carboxylic acids is 2. The Morgan fingerprint density at radius 3 is 2.38 bits per heavy atom. The molecule has 3 rings (SSSR count). The molecule has 1 aliphatic rings. The van der Waals surface area contributed by atoms with Crippen molar-refractivity contribution in [2.75, 3.05) is 13.7 Å². The Labute approximate surface area is 141 Å². The van der Waals surface area contributed by atoms with Crippen LogP contribution in [0.15, 0.2) is 48.5 Å². The summed E-state index contributed by atoms with van der Waals surface area (Å²) in [6, 6.07) is 14.5. The van der Waals surface area contributed by atoms with Crippen LogP contribution in [0.3, 0.4) is 0 Å². The minimum atomic E-state index is -0.212. The lowest BCUT2D eigenvalue weighted by Gasteiger charge is -2.12. The first-order valence-corrected chi connectivity index (χ1v) is 7.79. The van der Waals surface area contributed by atoms with Gasteiger partial charge in [-0.1, -0.05) is 30.0 Å². The Bertz CT molecular complexity index is 810. The van der Waals surface area contributed by atoms with Crippen molar-refractivity contribution >= 4 is 11.8 Å². The summed E-state index contributed by atoms with van der Waals surface area (Å²) in [6.07, 6.45) is 1.27. The molecule has 0 N–H and O–H groups in total. The lowest BCUT2D eigenvalue weighted by Crippen LogP contribution is -2.30. The number of amides is 2. The van der Waals surface area contributed by atoms with E-state index in [2.05, 4.69) is 11.8 Å². The molecule has 4 heteroatoms. The Kier molecular flexibility index (Phi) is 4.62. The molecule has 0 aliphatic carbocycles. The van der Waals surface area contributed by atoms with Crippen molar-refractivity contribution in [1.82, 2.24) is 4.90 Å². The molecule has 0 unspecified atom stereocenters. The van der Waals surface area contributed by atoms with Gasteiger partial charge in [0.05, 0.1) is 18.2 Å². The second-order valence-electron chi connectivity index (χ2n) is 5.44. The molecule has 1 aliphatic heterocycles. The third-order valence-corrected chi connectivity index (χ3v) is 3.86. The van der Waals surface area contributed by atoms with E-state index in [1.165, 1.54) is 4.90 Å². The lowest BCUT2D eigenvalue weighted by atomic mass is 10.1. The molecule has 0 spiro atoms. The Balaban J connectivity index is 1.56. The Morgan fingerprint density at radius 2 is 1.71 bits per heavy atom. The highest BCUT2D eigenvalue weighted by molar-refractivity contribution is 6.21. The number of nitrogens with zero attached hydrogens (tertiary/aromatic N) is 1. The Hall–Kier alpha value is -3.06. The van der Waals surface area contributed by atoms with Crippen LogP contribution in [0.5, 0.6) is 5.75 Å². The van der Waals surface area contributed by atoms with Crippen molar-refractivity contribution in [2.24, 2.45) is 0 Å². The van der Waals surface area contributed by atoms with E-state index < -0.39 is 0 Å². The number of hydrogen-bond acceptors (Lipinski definition) is 3. The summed E-state index contributed by atoms with van der Waals surface area (Å²) < 4.78 is 5.15. The van der Waals surface area contributed by atoms with Crippen LogP contribution in [0.4, 0.5) is 0 Å². The number of benzene rings is 2. The fourth-order valence-corrected chi connectivity index (χ4v) is 2.63. The fourth-order valence-electron chi connectivity index (χ4n) is 2.63. The summed E-state index contributed by atoms with van der Waals surface area (Å²) in [5.74, 6) is 6.49. The zero-order valence-electron chi connectivity index (χ0n) is 13.4. The summed E-state index contributed by atoms with van der Waals surface area (Å²) in [4.78, 5) is 25.7. The van der Waals surface area contributed by atoms with Gasteiger partial charge in [0, 0.05) is 18.5 Å². The van der Waals surface area contributed by atoms with Crippen molar-refractivity contribution in [3.8, 4) is 17.6 Å². The molecule has 1 heterocycles. The number of rotatable bonds is 4. The predicted octanol–water partition coefficient (Wildman–Crippen LogP) is 3.12. The van der Waals surface area contributed by atoms with E-state index in [4.69, 9.17) is 4.74 Å². The molecule has 120 valence electrons. The maximum atomic E-state index is 12.2. The standard InChI is InChI=1S/C20H17NO3/c1-24-16-10-7-9-15(14-16)8-3-2-6-13-21-19(22)17-11-4-5-12-18(17)20(21)23/h4-5,7,9-12,14H,2,6,13H2,1H3. The van der Waals surface area contributed by atoms with E-state index in [1.807, 2.05) is 24.3 Å².